The summed E-state index contributed by atoms with van der Waals surface area (Å²) in [6.07, 6.45) is 1.47. The van der Waals surface area contributed by atoms with Gasteiger partial charge >= 0.3 is 0 Å². The second kappa shape index (κ2) is 7.51. The van der Waals surface area contributed by atoms with Crippen LogP contribution in [0, 0.1) is 0 Å². The lowest BCUT2D eigenvalue weighted by Crippen LogP contribution is -3.14. The van der Waals surface area contributed by atoms with Crippen LogP contribution >= 0.6 is 11.6 Å². The molecule has 2 saturated heterocycles. The molecule has 0 aliphatic carbocycles. The number of nitrogens with one attached hydrogen (secondary N) is 1. The largest absolute Gasteiger partial charge is 0.332 e. The van der Waals surface area contributed by atoms with Gasteiger partial charge in [-0.05, 0) is 38.0 Å². The summed E-state index contributed by atoms with van der Waals surface area (Å²) in [5.41, 5.74) is 0.921. The van der Waals surface area contributed by atoms with E-state index >= 15 is 0 Å². The number of piperazine rings is 1. The summed E-state index contributed by atoms with van der Waals surface area (Å²) >= 11 is 6.25. The van der Waals surface area contributed by atoms with E-state index in [2.05, 4.69) is 6.92 Å². The van der Waals surface area contributed by atoms with Gasteiger partial charge in [0, 0.05) is 12.1 Å². The Hall–Kier alpha value is -1.31. The Kier molecular flexibility index (Phi) is 5.55. The summed E-state index contributed by atoms with van der Waals surface area (Å²) < 4.78 is 26.1. The summed E-state index contributed by atoms with van der Waals surface area (Å²) in [7, 11) is -3.36. The van der Waals surface area contributed by atoms with Crippen LogP contribution in [0.5, 0.6) is 0 Å². The van der Waals surface area contributed by atoms with E-state index in [1.165, 1.54) is 9.21 Å². The van der Waals surface area contributed by atoms with E-state index in [4.69, 9.17) is 11.6 Å². The van der Waals surface area contributed by atoms with E-state index in [-0.39, 0.29) is 11.7 Å². The van der Waals surface area contributed by atoms with Crippen LogP contribution in [0.2, 0.25) is 5.02 Å². The van der Waals surface area contributed by atoms with Gasteiger partial charge in [0.15, 0.2) is 0 Å². The molecular weight excluding hydrogens is 362 g/mol. The summed E-state index contributed by atoms with van der Waals surface area (Å²) in [5.74, 6) is 0.0750. The molecule has 1 amide bonds. The molecule has 1 aromatic carbocycles. The van der Waals surface area contributed by atoms with Crippen molar-refractivity contribution in [3.05, 3.63) is 28.8 Å². The second-order valence-electron chi connectivity index (χ2n) is 6.66. The van der Waals surface area contributed by atoms with Crippen LogP contribution in [0.25, 0.3) is 0 Å². The lowest BCUT2D eigenvalue weighted by atomic mass is 10.1. The van der Waals surface area contributed by atoms with E-state index in [1.807, 2.05) is 4.90 Å². The number of sulfonamides is 1. The van der Waals surface area contributed by atoms with Crippen molar-refractivity contribution in [2.45, 2.75) is 19.8 Å². The maximum absolute atomic E-state index is 12.8. The highest BCUT2D eigenvalue weighted by Crippen LogP contribution is 2.32. The number of anilines is 1. The van der Waals surface area contributed by atoms with E-state index in [1.54, 1.807) is 18.2 Å². The third-order valence-corrected chi connectivity index (χ3v) is 7.24. The Morgan fingerprint density at radius 3 is 2.56 bits per heavy atom. The molecule has 1 N–H and O–H groups in total. The summed E-state index contributed by atoms with van der Waals surface area (Å²) in [4.78, 5) is 16.2. The SMILES string of the molecule is CC[NH+]1CCN(C(=O)c2ccc(Cl)c(N3CCCCS3(=O)=O)c2)CC1. The van der Waals surface area contributed by atoms with Crippen molar-refractivity contribution in [3.8, 4) is 0 Å². The van der Waals surface area contributed by atoms with Gasteiger partial charge in [0.05, 0.1) is 49.2 Å². The van der Waals surface area contributed by atoms with Crippen molar-refractivity contribution in [2.75, 3.05) is 49.3 Å². The first-order chi connectivity index (χ1) is 11.9. The van der Waals surface area contributed by atoms with Crippen molar-refractivity contribution < 1.29 is 18.1 Å². The molecule has 0 spiro atoms. The highest BCUT2D eigenvalue weighted by atomic mass is 35.5. The van der Waals surface area contributed by atoms with Crippen LogP contribution in [0.15, 0.2) is 18.2 Å². The predicted molar refractivity (Wildman–Crippen MR) is 99.0 cm³/mol. The van der Waals surface area contributed by atoms with Gasteiger partial charge in [-0.1, -0.05) is 11.6 Å². The number of halogens is 1. The molecule has 2 aliphatic heterocycles. The van der Waals surface area contributed by atoms with Crippen molar-refractivity contribution in [1.29, 1.82) is 0 Å². The van der Waals surface area contributed by atoms with Crippen molar-refractivity contribution in [3.63, 3.8) is 0 Å². The van der Waals surface area contributed by atoms with Crippen LogP contribution in [-0.2, 0) is 10.0 Å². The molecule has 0 aromatic heterocycles. The number of hydrogen-bond acceptors (Lipinski definition) is 3. The van der Waals surface area contributed by atoms with Crippen LogP contribution in [0.3, 0.4) is 0 Å². The van der Waals surface area contributed by atoms with Gasteiger partial charge in [-0.3, -0.25) is 9.10 Å². The summed E-state index contributed by atoms with van der Waals surface area (Å²) in [6.45, 7) is 6.98. The minimum atomic E-state index is -3.36. The lowest BCUT2D eigenvalue weighted by Gasteiger charge is -2.32. The fourth-order valence-electron chi connectivity index (χ4n) is 3.46. The monoisotopic (exact) mass is 386 g/mol. The van der Waals surface area contributed by atoms with Gasteiger partial charge in [-0.2, -0.15) is 0 Å². The molecule has 0 unspecified atom stereocenters. The molecule has 0 radical (unpaired) electrons. The van der Waals surface area contributed by atoms with E-state index in [0.29, 0.717) is 29.2 Å². The topological polar surface area (TPSA) is 62.1 Å². The Bertz CT molecular complexity index is 746. The maximum atomic E-state index is 12.8. The van der Waals surface area contributed by atoms with Gasteiger partial charge in [0.25, 0.3) is 5.91 Å². The normalized spacial score (nSPS) is 21.4. The number of carbonyl (C=O) groups is 1. The fourth-order valence-corrected chi connectivity index (χ4v) is 5.38. The van der Waals surface area contributed by atoms with Crippen molar-refractivity contribution >= 4 is 33.2 Å². The zero-order chi connectivity index (χ0) is 18.0. The Balaban J connectivity index is 1.83. The van der Waals surface area contributed by atoms with Gasteiger partial charge in [-0.15, -0.1) is 0 Å². The molecule has 6 nitrogen and oxygen atoms in total. The fraction of sp³-hybridized carbons (Fsp3) is 0.588. The third-order valence-electron chi connectivity index (χ3n) is 5.07. The third kappa shape index (κ3) is 3.93. The number of benzene rings is 1. The zero-order valence-corrected chi connectivity index (χ0v) is 16.1. The number of quaternary nitrogens is 1. The Morgan fingerprint density at radius 2 is 1.92 bits per heavy atom. The highest BCUT2D eigenvalue weighted by Gasteiger charge is 2.29. The standard InChI is InChI=1S/C17H24ClN3O3S/c1-2-19-8-10-20(11-9-19)17(22)14-5-6-15(18)16(13-14)21-7-3-4-12-25(21,23)24/h5-6,13H,2-4,7-12H2,1H3/p+1. The maximum Gasteiger partial charge on any atom is 0.254 e. The first-order valence-electron chi connectivity index (χ1n) is 8.85. The minimum absolute atomic E-state index is 0.0533. The molecule has 2 aliphatic rings. The molecule has 0 saturated carbocycles. The quantitative estimate of drug-likeness (QED) is 0.828. The van der Waals surface area contributed by atoms with Crippen molar-refractivity contribution in [1.82, 2.24) is 4.90 Å². The molecule has 8 heteroatoms. The smallest absolute Gasteiger partial charge is 0.254 e. The highest BCUT2D eigenvalue weighted by molar-refractivity contribution is 7.92. The number of amides is 1. The lowest BCUT2D eigenvalue weighted by molar-refractivity contribution is -0.902. The average Bonchev–Trinajstić information content (AvgIpc) is 2.62. The second-order valence-corrected chi connectivity index (χ2v) is 9.08. The van der Waals surface area contributed by atoms with Gasteiger partial charge in [-0.25, -0.2) is 8.42 Å². The van der Waals surface area contributed by atoms with Crippen molar-refractivity contribution in [2.24, 2.45) is 0 Å². The van der Waals surface area contributed by atoms with Crippen LogP contribution < -0.4 is 9.21 Å². The van der Waals surface area contributed by atoms with Gasteiger partial charge < -0.3 is 9.80 Å². The number of rotatable bonds is 3. The Labute approximate surface area is 154 Å². The molecule has 2 heterocycles. The molecule has 1 aromatic rings. The Morgan fingerprint density at radius 1 is 1.20 bits per heavy atom. The number of carbonyl (C=O) groups excluding carboxylic acids is 1. The number of nitrogens with zero attached hydrogens (tertiary/aromatic N) is 2. The van der Waals surface area contributed by atoms with Crippen LogP contribution in [-0.4, -0.2) is 64.2 Å². The molecule has 2 fully saturated rings. The minimum Gasteiger partial charge on any atom is -0.332 e. The van der Waals surface area contributed by atoms with Gasteiger partial charge in [0.1, 0.15) is 0 Å². The molecular formula is C17H25ClN3O3S+. The van der Waals surface area contributed by atoms with E-state index in [9.17, 15) is 13.2 Å². The number of hydrogen-bond donors (Lipinski definition) is 1. The molecule has 0 bridgehead atoms. The van der Waals surface area contributed by atoms with Crippen LogP contribution in [0.1, 0.15) is 30.1 Å². The van der Waals surface area contributed by atoms with Gasteiger partial charge in [0.2, 0.25) is 10.0 Å². The zero-order valence-electron chi connectivity index (χ0n) is 14.5. The molecule has 138 valence electrons. The summed E-state index contributed by atoms with van der Waals surface area (Å²) in [6, 6.07) is 4.94. The molecule has 0 atom stereocenters. The van der Waals surface area contributed by atoms with E-state index < -0.39 is 10.0 Å². The predicted octanol–water partition coefficient (Wildman–Crippen LogP) is 0.631. The summed E-state index contributed by atoms with van der Waals surface area (Å²) in [5, 5.41) is 0.363. The number of likely N-dealkylation sites (N-methyl/N-ethyl adjacent to an activating group) is 1. The first kappa shape index (κ1) is 18.5. The van der Waals surface area contributed by atoms with E-state index in [0.717, 1.165) is 39.1 Å². The molecule has 3 rings (SSSR count). The van der Waals surface area contributed by atoms with Crippen LogP contribution in [0.4, 0.5) is 5.69 Å². The molecule has 25 heavy (non-hydrogen) atoms. The first-order valence-corrected chi connectivity index (χ1v) is 10.8. The average molecular weight is 387 g/mol.